The summed E-state index contributed by atoms with van der Waals surface area (Å²) in [6, 6.07) is 24.9. The number of carbonyl (C=O) groups excluding carboxylic acids is 1. The molecule has 2 bridgehead atoms. The summed E-state index contributed by atoms with van der Waals surface area (Å²) in [6.07, 6.45) is 3.97. The van der Waals surface area contributed by atoms with E-state index in [4.69, 9.17) is 4.74 Å². The normalized spacial score (nSPS) is 27.2. The lowest BCUT2D eigenvalue weighted by Crippen LogP contribution is -2.35. The van der Waals surface area contributed by atoms with Gasteiger partial charge in [0, 0.05) is 16.9 Å². The lowest BCUT2D eigenvalue weighted by Gasteiger charge is -2.43. The molecular formula is C28H28N2O2. The van der Waals surface area contributed by atoms with Gasteiger partial charge < -0.3 is 15.4 Å². The van der Waals surface area contributed by atoms with Gasteiger partial charge in [-0.1, -0.05) is 30.3 Å². The van der Waals surface area contributed by atoms with Crippen LogP contribution in [0.15, 0.2) is 72.8 Å². The third kappa shape index (κ3) is 3.17. The Hall–Kier alpha value is -3.27. The molecule has 2 N–H and O–H groups in total. The van der Waals surface area contributed by atoms with Gasteiger partial charge in [0.15, 0.2) is 0 Å². The average Bonchev–Trinajstić information content (AvgIpc) is 3.47. The highest BCUT2D eigenvalue weighted by Crippen LogP contribution is 2.63. The Morgan fingerprint density at radius 3 is 2.53 bits per heavy atom. The van der Waals surface area contributed by atoms with Crippen molar-refractivity contribution < 1.29 is 9.53 Å². The minimum atomic E-state index is -0.0668. The van der Waals surface area contributed by atoms with Crippen LogP contribution in [0.25, 0.3) is 0 Å². The number of fused-ring (bicyclic) bond motifs is 7. The number of nitrogens with one attached hydrogen (secondary N) is 2. The zero-order valence-corrected chi connectivity index (χ0v) is 18.3. The molecule has 1 heterocycles. The number of anilines is 2. The predicted octanol–water partition coefficient (Wildman–Crippen LogP) is 6.24. The van der Waals surface area contributed by atoms with Crippen LogP contribution < -0.4 is 15.4 Å². The van der Waals surface area contributed by atoms with Crippen LogP contribution in [0, 0.1) is 17.8 Å². The average molecular weight is 425 g/mol. The van der Waals surface area contributed by atoms with Crippen molar-refractivity contribution in [2.24, 2.45) is 17.8 Å². The van der Waals surface area contributed by atoms with Gasteiger partial charge >= 0.3 is 0 Å². The van der Waals surface area contributed by atoms with E-state index in [9.17, 15) is 4.79 Å². The minimum Gasteiger partial charge on any atom is -0.497 e. The Bertz CT molecular complexity index is 1140. The number of benzene rings is 3. The van der Waals surface area contributed by atoms with Crippen LogP contribution in [-0.2, 0) is 0 Å². The van der Waals surface area contributed by atoms with Gasteiger partial charge in [0.25, 0.3) is 5.91 Å². The molecule has 6 rings (SSSR count). The van der Waals surface area contributed by atoms with Crippen LogP contribution in [0.5, 0.6) is 5.75 Å². The Balaban J connectivity index is 1.32. The van der Waals surface area contributed by atoms with E-state index in [1.807, 2.05) is 30.3 Å². The van der Waals surface area contributed by atoms with Crippen LogP contribution in [0.4, 0.5) is 11.4 Å². The van der Waals surface area contributed by atoms with Crippen LogP contribution in [0.3, 0.4) is 0 Å². The summed E-state index contributed by atoms with van der Waals surface area (Å²) in [5.41, 5.74) is 5.39. The first-order valence-electron chi connectivity index (χ1n) is 11.6. The van der Waals surface area contributed by atoms with Gasteiger partial charge in [0.1, 0.15) is 5.75 Å². The smallest absolute Gasteiger partial charge is 0.255 e. The lowest BCUT2D eigenvalue weighted by molar-refractivity contribution is 0.102. The van der Waals surface area contributed by atoms with Gasteiger partial charge in [-0.2, -0.15) is 0 Å². The molecule has 2 aliphatic carbocycles. The molecule has 1 amide bonds. The molecule has 4 heteroatoms. The summed E-state index contributed by atoms with van der Waals surface area (Å²) < 4.78 is 5.21. The zero-order chi connectivity index (χ0) is 21.7. The Morgan fingerprint density at radius 1 is 0.969 bits per heavy atom. The highest BCUT2D eigenvalue weighted by atomic mass is 16.5. The Kier molecular flexibility index (Phi) is 4.67. The molecule has 0 radical (unpaired) electrons. The molecule has 3 aromatic carbocycles. The van der Waals surface area contributed by atoms with E-state index in [1.54, 1.807) is 7.11 Å². The molecule has 162 valence electrons. The van der Waals surface area contributed by atoms with E-state index in [1.165, 1.54) is 36.1 Å². The summed E-state index contributed by atoms with van der Waals surface area (Å²) in [5.74, 6) is 3.35. The molecule has 0 aromatic heterocycles. The van der Waals surface area contributed by atoms with Crippen LogP contribution in [-0.4, -0.2) is 13.0 Å². The van der Waals surface area contributed by atoms with Crippen molar-refractivity contribution in [2.45, 2.75) is 31.2 Å². The molecular weight excluding hydrogens is 396 g/mol. The molecule has 2 fully saturated rings. The van der Waals surface area contributed by atoms with E-state index in [2.05, 4.69) is 53.1 Å². The van der Waals surface area contributed by atoms with Crippen molar-refractivity contribution >= 4 is 17.3 Å². The fourth-order valence-corrected chi connectivity index (χ4v) is 6.50. The van der Waals surface area contributed by atoms with Gasteiger partial charge in [-0.15, -0.1) is 0 Å². The van der Waals surface area contributed by atoms with Crippen LogP contribution >= 0.6 is 0 Å². The van der Waals surface area contributed by atoms with E-state index in [0.29, 0.717) is 17.9 Å². The van der Waals surface area contributed by atoms with Crippen molar-refractivity contribution in [2.75, 3.05) is 17.7 Å². The van der Waals surface area contributed by atoms with Crippen molar-refractivity contribution in [1.82, 2.24) is 0 Å². The molecule has 0 spiro atoms. The SMILES string of the molecule is COc1ccc(NC(=O)c2ccc3c(c2)[C@@H]2[C@H]4CC[C@@H](C4)[C@H]2[C@@H](c2ccccc2)N3)cc1. The molecule has 32 heavy (non-hydrogen) atoms. The first-order chi connectivity index (χ1) is 15.7. The topological polar surface area (TPSA) is 50.4 Å². The van der Waals surface area contributed by atoms with Gasteiger partial charge in [0.2, 0.25) is 0 Å². The highest BCUT2D eigenvalue weighted by molar-refractivity contribution is 6.04. The number of methoxy groups -OCH3 is 1. The van der Waals surface area contributed by atoms with Crippen molar-refractivity contribution in [1.29, 1.82) is 0 Å². The van der Waals surface area contributed by atoms with Crippen LogP contribution in [0.2, 0.25) is 0 Å². The minimum absolute atomic E-state index is 0.0668. The van der Waals surface area contributed by atoms with Crippen LogP contribution in [0.1, 0.15) is 52.7 Å². The molecule has 2 saturated carbocycles. The molecule has 0 saturated heterocycles. The fraction of sp³-hybridized carbons (Fsp3) is 0.321. The standard InChI is InChI=1S/C28H28N2O2/c1-32-22-12-10-21(11-13-22)29-28(31)20-9-14-24-23(16-20)25-18-7-8-19(15-18)26(25)27(30-24)17-5-3-2-4-6-17/h2-6,9-14,16,18-19,25-27,30H,7-8,15H2,1H3,(H,29,31)/t18-,19-,25-,26+,27+/m0/s1. The second-order valence-electron chi connectivity index (χ2n) is 9.45. The molecule has 0 unspecified atom stereocenters. The van der Waals surface area contributed by atoms with Crippen molar-refractivity contribution in [3.05, 3.63) is 89.5 Å². The number of hydrogen-bond acceptors (Lipinski definition) is 3. The maximum atomic E-state index is 13.0. The Morgan fingerprint density at radius 2 is 1.75 bits per heavy atom. The van der Waals surface area contributed by atoms with Crippen molar-refractivity contribution in [3.63, 3.8) is 0 Å². The maximum absolute atomic E-state index is 13.0. The highest BCUT2D eigenvalue weighted by Gasteiger charge is 2.53. The molecule has 4 nitrogen and oxygen atoms in total. The number of ether oxygens (including phenoxy) is 1. The number of rotatable bonds is 4. The molecule has 5 atom stereocenters. The largest absolute Gasteiger partial charge is 0.497 e. The lowest BCUT2D eigenvalue weighted by atomic mass is 9.68. The summed E-state index contributed by atoms with van der Waals surface area (Å²) in [7, 11) is 1.64. The van der Waals surface area contributed by atoms with Crippen molar-refractivity contribution in [3.8, 4) is 5.75 Å². The quantitative estimate of drug-likeness (QED) is 0.521. The first-order valence-corrected chi connectivity index (χ1v) is 11.6. The molecule has 3 aliphatic rings. The number of amides is 1. The first kappa shape index (κ1) is 19.4. The monoisotopic (exact) mass is 424 g/mol. The van der Waals surface area contributed by atoms with E-state index < -0.39 is 0 Å². The van der Waals surface area contributed by atoms with Gasteiger partial charge in [0.05, 0.1) is 13.2 Å². The number of carbonyl (C=O) groups is 1. The van der Waals surface area contributed by atoms with E-state index in [0.717, 1.165) is 28.8 Å². The molecule has 1 aliphatic heterocycles. The van der Waals surface area contributed by atoms with Gasteiger partial charge in [-0.05, 0) is 96.5 Å². The van der Waals surface area contributed by atoms with E-state index in [-0.39, 0.29) is 5.91 Å². The number of hydrogen-bond donors (Lipinski definition) is 2. The second-order valence-corrected chi connectivity index (χ2v) is 9.45. The third-order valence-electron chi connectivity index (χ3n) is 7.86. The maximum Gasteiger partial charge on any atom is 0.255 e. The molecule has 3 aromatic rings. The van der Waals surface area contributed by atoms with Gasteiger partial charge in [-0.3, -0.25) is 4.79 Å². The van der Waals surface area contributed by atoms with E-state index >= 15 is 0 Å². The fourth-order valence-electron chi connectivity index (χ4n) is 6.50. The zero-order valence-electron chi connectivity index (χ0n) is 18.3. The summed E-state index contributed by atoms with van der Waals surface area (Å²) in [6.45, 7) is 0. The summed E-state index contributed by atoms with van der Waals surface area (Å²) in [5, 5.41) is 6.88. The summed E-state index contributed by atoms with van der Waals surface area (Å²) >= 11 is 0. The Labute approximate surface area is 189 Å². The third-order valence-corrected chi connectivity index (χ3v) is 7.86. The second kappa shape index (κ2) is 7.70. The summed E-state index contributed by atoms with van der Waals surface area (Å²) in [4.78, 5) is 13.0. The predicted molar refractivity (Wildman–Crippen MR) is 127 cm³/mol. The van der Waals surface area contributed by atoms with Gasteiger partial charge in [-0.25, -0.2) is 0 Å².